The lowest BCUT2D eigenvalue weighted by Crippen LogP contribution is -2.52. The van der Waals surface area contributed by atoms with E-state index in [2.05, 4.69) is 10.3 Å². The first-order valence-corrected chi connectivity index (χ1v) is 8.94. The molecule has 0 bridgehead atoms. The zero-order valence-electron chi connectivity index (χ0n) is 15.5. The van der Waals surface area contributed by atoms with Crippen LogP contribution in [0.15, 0.2) is 18.2 Å². The van der Waals surface area contributed by atoms with Crippen molar-refractivity contribution in [2.24, 2.45) is 0 Å². The highest BCUT2D eigenvalue weighted by atomic mass is 16.6. The molecule has 2 aromatic rings. The van der Waals surface area contributed by atoms with Crippen molar-refractivity contribution >= 4 is 11.9 Å². The molecule has 4 rings (SSSR count). The van der Waals surface area contributed by atoms with Crippen LogP contribution in [0.1, 0.15) is 23.1 Å². The normalized spacial score (nSPS) is 21.4. The minimum absolute atomic E-state index is 0.0329. The number of hydrogen-bond acceptors (Lipinski definition) is 7. The van der Waals surface area contributed by atoms with Gasteiger partial charge < -0.3 is 24.2 Å². The Morgan fingerprint density at radius 3 is 2.68 bits per heavy atom. The number of aliphatic carboxylic acids is 1. The summed E-state index contributed by atoms with van der Waals surface area (Å²) in [6, 6.07) is 5.37. The van der Waals surface area contributed by atoms with Crippen LogP contribution >= 0.6 is 0 Å². The fourth-order valence-corrected chi connectivity index (χ4v) is 3.34. The highest BCUT2D eigenvalue weighted by Gasteiger charge is 2.34. The number of nitrogens with zero attached hydrogens (tertiary/aromatic N) is 4. The monoisotopic (exact) mass is 388 g/mol. The first kappa shape index (κ1) is 18.2. The van der Waals surface area contributed by atoms with Crippen LogP contribution in [0.25, 0.3) is 5.69 Å². The van der Waals surface area contributed by atoms with E-state index in [1.165, 1.54) is 4.90 Å². The van der Waals surface area contributed by atoms with Crippen molar-refractivity contribution in [3.05, 3.63) is 29.6 Å². The Morgan fingerprint density at radius 2 is 1.93 bits per heavy atom. The molecular formula is C18H20N4O6. The fraction of sp³-hybridized carbons (Fsp3) is 0.444. The predicted molar refractivity (Wildman–Crippen MR) is 95.0 cm³/mol. The molecule has 0 spiro atoms. The molecule has 3 heterocycles. The van der Waals surface area contributed by atoms with Crippen LogP contribution in [0.4, 0.5) is 0 Å². The van der Waals surface area contributed by atoms with Crippen LogP contribution < -0.4 is 9.47 Å². The number of carboxylic acid groups (broad SMARTS) is 1. The highest BCUT2D eigenvalue weighted by Crippen LogP contribution is 2.32. The minimum Gasteiger partial charge on any atom is -0.486 e. The van der Waals surface area contributed by atoms with E-state index in [1.807, 2.05) is 0 Å². The number of carboxylic acids is 1. The first-order chi connectivity index (χ1) is 13.4. The van der Waals surface area contributed by atoms with Gasteiger partial charge in [-0.2, -0.15) is 0 Å². The number of morpholine rings is 1. The van der Waals surface area contributed by atoms with Crippen LogP contribution in [0.5, 0.6) is 11.5 Å². The van der Waals surface area contributed by atoms with Gasteiger partial charge in [-0.15, -0.1) is 5.10 Å². The molecule has 0 saturated carbocycles. The molecule has 2 atom stereocenters. The summed E-state index contributed by atoms with van der Waals surface area (Å²) < 4.78 is 18.0. The SMILES string of the molecule is Cc1c(C(=O)N2CC(C(=O)O)O[C@H](C)C2)nnn1-c1ccc2c(c1)OCCO2. The second-order valence-corrected chi connectivity index (χ2v) is 6.75. The molecule has 1 N–H and O–H groups in total. The van der Waals surface area contributed by atoms with E-state index in [9.17, 15) is 14.7 Å². The van der Waals surface area contributed by atoms with Crippen LogP contribution in [0, 0.1) is 6.92 Å². The number of fused-ring (bicyclic) bond motifs is 1. The average molecular weight is 388 g/mol. The maximum Gasteiger partial charge on any atom is 0.334 e. The van der Waals surface area contributed by atoms with Gasteiger partial charge in [-0.1, -0.05) is 5.21 Å². The Hall–Kier alpha value is -3.14. The molecule has 28 heavy (non-hydrogen) atoms. The second-order valence-electron chi connectivity index (χ2n) is 6.75. The maximum absolute atomic E-state index is 12.9. The number of carbonyl (C=O) groups is 2. The van der Waals surface area contributed by atoms with Crippen molar-refractivity contribution in [3.63, 3.8) is 0 Å². The summed E-state index contributed by atoms with van der Waals surface area (Å²) in [7, 11) is 0. The third-order valence-electron chi connectivity index (χ3n) is 4.69. The van der Waals surface area contributed by atoms with Crippen molar-refractivity contribution in [3.8, 4) is 17.2 Å². The van der Waals surface area contributed by atoms with Gasteiger partial charge in [-0.05, 0) is 26.0 Å². The van der Waals surface area contributed by atoms with Gasteiger partial charge in [0.05, 0.1) is 24.0 Å². The maximum atomic E-state index is 12.9. The van der Waals surface area contributed by atoms with Gasteiger partial charge in [-0.3, -0.25) is 4.79 Å². The van der Waals surface area contributed by atoms with E-state index in [0.29, 0.717) is 42.6 Å². The summed E-state index contributed by atoms with van der Waals surface area (Å²) >= 11 is 0. The summed E-state index contributed by atoms with van der Waals surface area (Å²) in [5.74, 6) is -0.201. The van der Waals surface area contributed by atoms with E-state index in [-0.39, 0.29) is 24.2 Å². The Morgan fingerprint density at radius 1 is 1.18 bits per heavy atom. The Bertz CT molecular complexity index is 927. The van der Waals surface area contributed by atoms with Gasteiger partial charge >= 0.3 is 5.97 Å². The van der Waals surface area contributed by atoms with Gasteiger partial charge in [-0.25, -0.2) is 9.48 Å². The van der Waals surface area contributed by atoms with Crippen molar-refractivity contribution < 1.29 is 28.9 Å². The van der Waals surface area contributed by atoms with Crippen LogP contribution in [-0.4, -0.2) is 75.4 Å². The lowest BCUT2D eigenvalue weighted by molar-refractivity contribution is -0.160. The topological polar surface area (TPSA) is 116 Å². The number of carbonyl (C=O) groups excluding carboxylic acids is 1. The van der Waals surface area contributed by atoms with Crippen molar-refractivity contribution in [2.45, 2.75) is 26.1 Å². The van der Waals surface area contributed by atoms with Crippen LogP contribution in [0.3, 0.4) is 0 Å². The molecule has 1 unspecified atom stereocenters. The number of ether oxygens (including phenoxy) is 3. The third kappa shape index (κ3) is 3.26. The second kappa shape index (κ2) is 7.12. The van der Waals surface area contributed by atoms with E-state index >= 15 is 0 Å². The smallest absolute Gasteiger partial charge is 0.334 e. The standard InChI is InChI=1S/C18H20N4O6/c1-10-8-21(9-15(28-10)18(24)25)17(23)16-11(2)22(20-19-16)12-3-4-13-14(7-12)27-6-5-26-13/h3-4,7,10,15H,5-6,8-9H2,1-2H3,(H,24,25)/t10-,15?/m1/s1. The number of benzene rings is 1. The lowest BCUT2D eigenvalue weighted by atomic mass is 10.2. The molecule has 2 aliphatic heterocycles. The van der Waals surface area contributed by atoms with Crippen molar-refractivity contribution in [2.75, 3.05) is 26.3 Å². The van der Waals surface area contributed by atoms with Gasteiger partial charge in [0.25, 0.3) is 5.91 Å². The zero-order valence-corrected chi connectivity index (χ0v) is 15.5. The molecule has 10 heteroatoms. The molecule has 10 nitrogen and oxygen atoms in total. The Kier molecular flexibility index (Phi) is 4.63. The quantitative estimate of drug-likeness (QED) is 0.815. The zero-order chi connectivity index (χ0) is 19.8. The molecule has 148 valence electrons. The molecule has 2 aliphatic rings. The van der Waals surface area contributed by atoms with E-state index in [4.69, 9.17) is 14.2 Å². The lowest BCUT2D eigenvalue weighted by Gasteiger charge is -2.34. The molecule has 0 radical (unpaired) electrons. The average Bonchev–Trinajstić information content (AvgIpc) is 3.07. The summed E-state index contributed by atoms with van der Waals surface area (Å²) in [5.41, 5.74) is 1.41. The van der Waals surface area contributed by atoms with Crippen LogP contribution in [-0.2, 0) is 9.53 Å². The Balaban J connectivity index is 1.60. The first-order valence-electron chi connectivity index (χ1n) is 8.94. The van der Waals surface area contributed by atoms with Crippen LogP contribution in [0.2, 0.25) is 0 Å². The van der Waals surface area contributed by atoms with E-state index < -0.39 is 12.1 Å². The summed E-state index contributed by atoms with van der Waals surface area (Å²) in [6.45, 7) is 4.70. The fourth-order valence-electron chi connectivity index (χ4n) is 3.34. The van der Waals surface area contributed by atoms with Gasteiger partial charge in [0.1, 0.15) is 13.2 Å². The molecule has 1 amide bonds. The van der Waals surface area contributed by atoms with E-state index in [1.54, 1.807) is 36.7 Å². The van der Waals surface area contributed by atoms with Crippen molar-refractivity contribution in [1.82, 2.24) is 19.9 Å². The van der Waals surface area contributed by atoms with Gasteiger partial charge in [0.15, 0.2) is 23.3 Å². The minimum atomic E-state index is -1.10. The molecule has 0 aliphatic carbocycles. The van der Waals surface area contributed by atoms with Crippen molar-refractivity contribution in [1.29, 1.82) is 0 Å². The number of amides is 1. The van der Waals surface area contributed by atoms with Gasteiger partial charge in [0, 0.05) is 12.6 Å². The molecule has 1 fully saturated rings. The third-order valence-corrected chi connectivity index (χ3v) is 4.69. The molecule has 1 saturated heterocycles. The van der Waals surface area contributed by atoms with Gasteiger partial charge in [0.2, 0.25) is 0 Å². The molecule has 1 aromatic carbocycles. The predicted octanol–water partition coefficient (Wildman–Crippen LogP) is 0.661. The molecule has 1 aromatic heterocycles. The number of hydrogen-bond donors (Lipinski definition) is 1. The molecular weight excluding hydrogens is 368 g/mol. The summed E-state index contributed by atoms with van der Waals surface area (Å²) in [6.07, 6.45) is -1.44. The highest BCUT2D eigenvalue weighted by molar-refractivity contribution is 5.93. The largest absolute Gasteiger partial charge is 0.486 e. The Labute approximate surface area is 160 Å². The number of aromatic nitrogens is 3. The van der Waals surface area contributed by atoms with E-state index in [0.717, 1.165) is 0 Å². The number of rotatable bonds is 3. The summed E-state index contributed by atoms with van der Waals surface area (Å²) in [5, 5.41) is 17.3. The summed E-state index contributed by atoms with van der Waals surface area (Å²) in [4.78, 5) is 25.6.